The van der Waals surface area contributed by atoms with Gasteiger partial charge in [0.05, 0.1) is 52.1 Å². The summed E-state index contributed by atoms with van der Waals surface area (Å²) in [6, 6.07) is 0. The summed E-state index contributed by atoms with van der Waals surface area (Å²) in [5.41, 5.74) is 0. The van der Waals surface area contributed by atoms with Crippen LogP contribution in [0, 0.1) is 23.7 Å². The van der Waals surface area contributed by atoms with E-state index in [0.717, 1.165) is 28.4 Å². The third-order valence-corrected chi connectivity index (χ3v) is 3.72. The molecule has 0 unspecified atom stereocenters. The van der Waals surface area contributed by atoms with Gasteiger partial charge in [0.25, 0.3) is 0 Å². The van der Waals surface area contributed by atoms with E-state index in [1.807, 2.05) is 0 Å². The van der Waals surface area contributed by atoms with E-state index in [4.69, 9.17) is 0 Å². The van der Waals surface area contributed by atoms with Gasteiger partial charge >= 0.3 is 23.9 Å². The Labute approximate surface area is 121 Å². The smallest absolute Gasteiger partial charge is 0.310 e. The number of esters is 4. The van der Waals surface area contributed by atoms with Crippen molar-refractivity contribution in [3.63, 3.8) is 0 Å². The van der Waals surface area contributed by atoms with E-state index in [0.29, 0.717) is 0 Å². The Bertz CT molecular complexity index is 403. The van der Waals surface area contributed by atoms with Crippen LogP contribution in [0.15, 0.2) is 0 Å². The molecule has 1 aliphatic rings. The van der Waals surface area contributed by atoms with Gasteiger partial charge in [-0.3, -0.25) is 19.2 Å². The molecular formula is C13H18O8. The molecule has 0 aromatic heterocycles. The van der Waals surface area contributed by atoms with Gasteiger partial charge in [-0.15, -0.1) is 0 Å². The summed E-state index contributed by atoms with van der Waals surface area (Å²) in [6.45, 7) is 0. The number of hydrogen-bond donors (Lipinski definition) is 0. The minimum Gasteiger partial charge on any atom is -0.469 e. The van der Waals surface area contributed by atoms with E-state index < -0.39 is 47.5 Å². The average Bonchev–Trinajstić information content (AvgIpc) is 2.91. The molecular weight excluding hydrogens is 284 g/mol. The Morgan fingerprint density at radius 2 is 0.905 bits per heavy atom. The van der Waals surface area contributed by atoms with Crippen molar-refractivity contribution in [2.24, 2.45) is 23.7 Å². The normalized spacial score (nSPS) is 27.6. The first-order valence-corrected chi connectivity index (χ1v) is 6.24. The third-order valence-electron chi connectivity index (χ3n) is 3.72. The van der Waals surface area contributed by atoms with E-state index in [-0.39, 0.29) is 6.42 Å². The van der Waals surface area contributed by atoms with E-state index in [1.165, 1.54) is 0 Å². The summed E-state index contributed by atoms with van der Waals surface area (Å²) < 4.78 is 18.5. The first kappa shape index (κ1) is 16.9. The molecule has 1 rings (SSSR count). The van der Waals surface area contributed by atoms with Crippen LogP contribution in [0.1, 0.15) is 6.42 Å². The lowest BCUT2D eigenvalue weighted by molar-refractivity contribution is -0.164. The number of carbonyl (C=O) groups excluding carboxylic acids is 4. The standard InChI is InChI=1S/C13H18O8/c1-18-10(14)6-5-7(11(15)19-2)9(13(17)21-4)8(6)12(16)20-3/h6-9H,5H2,1-4H3/t6-,7-,8-,9-/m1/s1. The van der Waals surface area contributed by atoms with Crippen molar-refractivity contribution < 1.29 is 38.1 Å². The molecule has 118 valence electrons. The monoisotopic (exact) mass is 302 g/mol. The van der Waals surface area contributed by atoms with Crippen molar-refractivity contribution in [1.82, 2.24) is 0 Å². The van der Waals surface area contributed by atoms with Gasteiger partial charge in [0.15, 0.2) is 0 Å². The highest BCUT2D eigenvalue weighted by Gasteiger charge is 2.57. The lowest BCUT2D eigenvalue weighted by Gasteiger charge is -2.21. The Balaban J connectivity index is 3.25. The molecule has 8 heteroatoms. The molecule has 0 radical (unpaired) electrons. The summed E-state index contributed by atoms with van der Waals surface area (Å²) in [7, 11) is 4.59. The zero-order valence-corrected chi connectivity index (χ0v) is 12.3. The van der Waals surface area contributed by atoms with Crippen LogP contribution in [0.3, 0.4) is 0 Å². The van der Waals surface area contributed by atoms with Crippen LogP contribution < -0.4 is 0 Å². The molecule has 1 fully saturated rings. The van der Waals surface area contributed by atoms with Crippen LogP contribution in [0.5, 0.6) is 0 Å². The molecule has 0 bridgehead atoms. The van der Waals surface area contributed by atoms with Gasteiger partial charge in [0.1, 0.15) is 0 Å². The molecule has 1 aliphatic carbocycles. The number of methoxy groups -OCH3 is 4. The Morgan fingerprint density at radius 3 is 1.14 bits per heavy atom. The van der Waals surface area contributed by atoms with Gasteiger partial charge in [0.2, 0.25) is 0 Å². The second kappa shape index (κ2) is 7.05. The molecule has 21 heavy (non-hydrogen) atoms. The van der Waals surface area contributed by atoms with Crippen LogP contribution in [-0.2, 0) is 38.1 Å². The van der Waals surface area contributed by atoms with Gasteiger partial charge in [-0.1, -0.05) is 0 Å². The van der Waals surface area contributed by atoms with Crippen molar-refractivity contribution in [2.45, 2.75) is 6.42 Å². The summed E-state index contributed by atoms with van der Waals surface area (Å²) in [4.78, 5) is 47.5. The van der Waals surface area contributed by atoms with Crippen LogP contribution in [0.4, 0.5) is 0 Å². The van der Waals surface area contributed by atoms with E-state index in [9.17, 15) is 19.2 Å². The molecule has 1 saturated carbocycles. The van der Waals surface area contributed by atoms with Crippen LogP contribution >= 0.6 is 0 Å². The van der Waals surface area contributed by atoms with Gasteiger partial charge in [-0.2, -0.15) is 0 Å². The van der Waals surface area contributed by atoms with Gasteiger partial charge < -0.3 is 18.9 Å². The number of rotatable bonds is 4. The maximum absolute atomic E-state index is 11.9. The molecule has 0 aromatic carbocycles. The van der Waals surface area contributed by atoms with Crippen molar-refractivity contribution in [3.8, 4) is 0 Å². The number of carbonyl (C=O) groups is 4. The van der Waals surface area contributed by atoms with Crippen LogP contribution in [-0.4, -0.2) is 52.3 Å². The van der Waals surface area contributed by atoms with Crippen molar-refractivity contribution in [3.05, 3.63) is 0 Å². The van der Waals surface area contributed by atoms with E-state index in [1.54, 1.807) is 0 Å². The largest absolute Gasteiger partial charge is 0.469 e. The number of hydrogen-bond acceptors (Lipinski definition) is 8. The Kier molecular flexibility index (Phi) is 5.69. The predicted molar refractivity (Wildman–Crippen MR) is 66.6 cm³/mol. The second-order valence-corrected chi connectivity index (χ2v) is 4.59. The molecule has 0 heterocycles. The molecule has 4 atom stereocenters. The fourth-order valence-electron chi connectivity index (χ4n) is 2.75. The Hall–Kier alpha value is -2.12. The van der Waals surface area contributed by atoms with Crippen molar-refractivity contribution in [2.75, 3.05) is 28.4 Å². The summed E-state index contributed by atoms with van der Waals surface area (Å²) in [6.07, 6.45) is -0.0428. The minimum absolute atomic E-state index is 0.0428. The molecule has 0 aliphatic heterocycles. The zero-order chi connectivity index (χ0) is 16.2. The fourth-order valence-corrected chi connectivity index (χ4v) is 2.75. The van der Waals surface area contributed by atoms with Gasteiger partial charge in [0, 0.05) is 0 Å². The minimum atomic E-state index is -1.14. The molecule has 0 saturated heterocycles. The Morgan fingerprint density at radius 1 is 0.619 bits per heavy atom. The average molecular weight is 302 g/mol. The topological polar surface area (TPSA) is 105 Å². The van der Waals surface area contributed by atoms with Crippen molar-refractivity contribution in [1.29, 1.82) is 0 Å². The maximum atomic E-state index is 11.9. The van der Waals surface area contributed by atoms with E-state index >= 15 is 0 Å². The molecule has 0 amide bonds. The first-order chi connectivity index (χ1) is 9.92. The second-order valence-electron chi connectivity index (χ2n) is 4.59. The highest BCUT2D eigenvalue weighted by molar-refractivity contribution is 5.92. The highest BCUT2D eigenvalue weighted by Crippen LogP contribution is 2.44. The number of ether oxygens (including phenoxy) is 4. The fraction of sp³-hybridized carbons (Fsp3) is 0.692. The molecule has 0 N–H and O–H groups in total. The molecule has 8 nitrogen and oxygen atoms in total. The van der Waals surface area contributed by atoms with Gasteiger partial charge in [-0.25, -0.2) is 0 Å². The maximum Gasteiger partial charge on any atom is 0.310 e. The quantitative estimate of drug-likeness (QED) is 0.508. The SMILES string of the molecule is COC(=O)[C@H]1[C@H](C(=O)OC)[C@H](C(=O)OC)C[C@H]1C(=O)OC. The van der Waals surface area contributed by atoms with Gasteiger partial charge in [-0.05, 0) is 6.42 Å². The lowest BCUT2D eigenvalue weighted by Crippen LogP contribution is -2.37. The predicted octanol–water partition coefficient (Wildman–Crippen LogP) is -0.453. The van der Waals surface area contributed by atoms with Crippen LogP contribution in [0.25, 0.3) is 0 Å². The lowest BCUT2D eigenvalue weighted by atomic mass is 9.86. The molecule has 0 spiro atoms. The summed E-state index contributed by atoms with van der Waals surface area (Å²) in [5, 5.41) is 0. The zero-order valence-electron chi connectivity index (χ0n) is 12.3. The van der Waals surface area contributed by atoms with Crippen LogP contribution in [0.2, 0.25) is 0 Å². The highest BCUT2D eigenvalue weighted by atomic mass is 16.5. The van der Waals surface area contributed by atoms with E-state index in [2.05, 4.69) is 18.9 Å². The summed E-state index contributed by atoms with van der Waals surface area (Å²) >= 11 is 0. The first-order valence-electron chi connectivity index (χ1n) is 6.24. The molecule has 0 aromatic rings. The summed E-state index contributed by atoms with van der Waals surface area (Å²) in [5.74, 6) is -7.12. The third kappa shape index (κ3) is 3.14. The van der Waals surface area contributed by atoms with Crippen molar-refractivity contribution >= 4 is 23.9 Å².